The van der Waals surface area contributed by atoms with Gasteiger partial charge in [0.25, 0.3) is 5.91 Å². The number of nitrogens with zero attached hydrogens (tertiary/aromatic N) is 3. The first-order valence-electron chi connectivity index (χ1n) is 8.44. The van der Waals surface area contributed by atoms with Gasteiger partial charge in [-0.2, -0.15) is 0 Å². The number of piperazine rings is 1. The standard InChI is InChI=1S/C18H22N4O4/c1-13-10-16(20-26-13)19-17(23)12-21-6-8-22(9-7-21)18(24)14-4-3-5-15(11-14)25-2/h3-5,10-11H,6-9,12H2,1-2H3,(H,19,20,23). The van der Waals surface area contributed by atoms with Crippen molar-refractivity contribution in [2.75, 3.05) is 45.2 Å². The van der Waals surface area contributed by atoms with E-state index < -0.39 is 0 Å². The number of hydrogen-bond donors (Lipinski definition) is 1. The normalized spacial score (nSPS) is 14.9. The van der Waals surface area contributed by atoms with Crippen LogP contribution in [0.1, 0.15) is 16.1 Å². The van der Waals surface area contributed by atoms with E-state index in [1.807, 2.05) is 11.0 Å². The topological polar surface area (TPSA) is 87.9 Å². The van der Waals surface area contributed by atoms with Crippen LogP contribution in [0.5, 0.6) is 5.75 Å². The van der Waals surface area contributed by atoms with Gasteiger partial charge in [0, 0.05) is 37.8 Å². The molecular formula is C18H22N4O4. The minimum atomic E-state index is -0.147. The molecule has 138 valence electrons. The average molecular weight is 358 g/mol. The molecule has 26 heavy (non-hydrogen) atoms. The van der Waals surface area contributed by atoms with E-state index in [-0.39, 0.29) is 18.4 Å². The highest BCUT2D eigenvalue weighted by Gasteiger charge is 2.23. The smallest absolute Gasteiger partial charge is 0.254 e. The first kappa shape index (κ1) is 17.9. The maximum absolute atomic E-state index is 12.6. The lowest BCUT2D eigenvalue weighted by Crippen LogP contribution is -2.50. The molecule has 0 atom stereocenters. The van der Waals surface area contributed by atoms with Gasteiger partial charge in [0.15, 0.2) is 5.82 Å². The summed E-state index contributed by atoms with van der Waals surface area (Å²) in [5.74, 6) is 1.55. The van der Waals surface area contributed by atoms with Gasteiger partial charge < -0.3 is 19.5 Å². The quantitative estimate of drug-likeness (QED) is 0.869. The number of anilines is 1. The molecule has 0 spiro atoms. The highest BCUT2D eigenvalue weighted by atomic mass is 16.5. The number of amides is 2. The van der Waals surface area contributed by atoms with Crippen molar-refractivity contribution in [2.24, 2.45) is 0 Å². The summed E-state index contributed by atoms with van der Waals surface area (Å²) in [5, 5.41) is 6.45. The lowest BCUT2D eigenvalue weighted by molar-refractivity contribution is -0.117. The van der Waals surface area contributed by atoms with E-state index in [1.165, 1.54) is 0 Å². The molecule has 8 nitrogen and oxygen atoms in total. The van der Waals surface area contributed by atoms with Crippen LogP contribution in [-0.4, -0.2) is 66.6 Å². The zero-order valence-electron chi connectivity index (χ0n) is 14.9. The second-order valence-corrected chi connectivity index (χ2v) is 6.17. The number of ether oxygens (including phenoxy) is 1. The molecule has 2 amide bonds. The molecule has 0 bridgehead atoms. The van der Waals surface area contributed by atoms with Crippen LogP contribution in [0.15, 0.2) is 34.9 Å². The minimum absolute atomic E-state index is 0.0222. The molecule has 2 aromatic rings. The Morgan fingerprint density at radius 2 is 2.00 bits per heavy atom. The molecule has 1 N–H and O–H groups in total. The van der Waals surface area contributed by atoms with Gasteiger partial charge in [-0.25, -0.2) is 0 Å². The monoisotopic (exact) mass is 358 g/mol. The van der Waals surface area contributed by atoms with E-state index in [2.05, 4.69) is 10.5 Å². The zero-order valence-corrected chi connectivity index (χ0v) is 14.9. The number of nitrogens with one attached hydrogen (secondary N) is 1. The van der Waals surface area contributed by atoms with Gasteiger partial charge in [-0.15, -0.1) is 0 Å². The summed E-state index contributed by atoms with van der Waals surface area (Å²) in [6, 6.07) is 8.80. The third-order valence-corrected chi connectivity index (χ3v) is 4.24. The lowest BCUT2D eigenvalue weighted by Gasteiger charge is -2.34. The minimum Gasteiger partial charge on any atom is -0.497 e. The second kappa shape index (κ2) is 8.01. The number of carbonyl (C=O) groups is 2. The van der Waals surface area contributed by atoms with E-state index in [1.54, 1.807) is 43.2 Å². The molecule has 1 fully saturated rings. The lowest BCUT2D eigenvalue weighted by atomic mass is 10.1. The molecular weight excluding hydrogens is 336 g/mol. The van der Waals surface area contributed by atoms with Gasteiger partial charge >= 0.3 is 0 Å². The highest BCUT2D eigenvalue weighted by molar-refractivity contribution is 5.94. The number of methoxy groups -OCH3 is 1. The zero-order chi connectivity index (χ0) is 18.5. The average Bonchev–Trinajstić information content (AvgIpc) is 3.06. The number of benzene rings is 1. The van der Waals surface area contributed by atoms with Crippen molar-refractivity contribution in [3.63, 3.8) is 0 Å². The second-order valence-electron chi connectivity index (χ2n) is 6.17. The number of carbonyl (C=O) groups excluding carboxylic acids is 2. The number of aryl methyl sites for hydroxylation is 1. The van der Waals surface area contributed by atoms with E-state index >= 15 is 0 Å². The summed E-state index contributed by atoms with van der Waals surface area (Å²) in [6.07, 6.45) is 0. The van der Waals surface area contributed by atoms with Crippen molar-refractivity contribution >= 4 is 17.6 Å². The first-order valence-corrected chi connectivity index (χ1v) is 8.44. The molecule has 0 aliphatic carbocycles. The van der Waals surface area contributed by atoms with Gasteiger partial charge in [-0.3, -0.25) is 14.5 Å². The predicted molar refractivity (Wildman–Crippen MR) is 95.2 cm³/mol. The van der Waals surface area contributed by atoms with E-state index in [9.17, 15) is 9.59 Å². The molecule has 2 heterocycles. The van der Waals surface area contributed by atoms with Crippen LogP contribution in [0.4, 0.5) is 5.82 Å². The SMILES string of the molecule is COc1cccc(C(=O)N2CCN(CC(=O)Nc3cc(C)on3)CC2)c1. The summed E-state index contributed by atoms with van der Waals surface area (Å²) in [7, 11) is 1.58. The Morgan fingerprint density at radius 1 is 1.23 bits per heavy atom. The number of rotatable bonds is 5. The molecule has 0 radical (unpaired) electrons. The van der Waals surface area contributed by atoms with Crippen LogP contribution in [-0.2, 0) is 4.79 Å². The fourth-order valence-corrected chi connectivity index (χ4v) is 2.86. The van der Waals surface area contributed by atoms with Gasteiger partial charge in [0.2, 0.25) is 5.91 Å². The van der Waals surface area contributed by atoms with Crippen molar-refractivity contribution in [3.05, 3.63) is 41.7 Å². The molecule has 0 unspecified atom stereocenters. The molecule has 1 aromatic heterocycles. The van der Waals surface area contributed by atoms with Crippen molar-refractivity contribution in [1.29, 1.82) is 0 Å². The van der Waals surface area contributed by atoms with Gasteiger partial charge in [0.05, 0.1) is 13.7 Å². The summed E-state index contributed by atoms with van der Waals surface area (Å²) >= 11 is 0. The molecule has 3 rings (SSSR count). The van der Waals surface area contributed by atoms with Gasteiger partial charge in [-0.05, 0) is 25.1 Å². The number of aromatic nitrogens is 1. The number of hydrogen-bond acceptors (Lipinski definition) is 6. The maximum Gasteiger partial charge on any atom is 0.254 e. The summed E-state index contributed by atoms with van der Waals surface area (Å²) in [5.41, 5.74) is 0.608. The van der Waals surface area contributed by atoms with Crippen LogP contribution in [0.3, 0.4) is 0 Å². The van der Waals surface area contributed by atoms with Crippen LogP contribution >= 0.6 is 0 Å². The molecule has 1 aromatic carbocycles. The van der Waals surface area contributed by atoms with Gasteiger partial charge in [0.1, 0.15) is 11.5 Å². The Labute approximate surface area is 151 Å². The Hall–Kier alpha value is -2.87. The van der Waals surface area contributed by atoms with Crippen molar-refractivity contribution < 1.29 is 18.8 Å². The fourth-order valence-electron chi connectivity index (χ4n) is 2.86. The van der Waals surface area contributed by atoms with Crippen LogP contribution in [0.25, 0.3) is 0 Å². The van der Waals surface area contributed by atoms with Crippen molar-refractivity contribution in [2.45, 2.75) is 6.92 Å². The molecule has 8 heteroatoms. The Bertz CT molecular complexity index is 781. The maximum atomic E-state index is 12.6. The Balaban J connectivity index is 1.49. The van der Waals surface area contributed by atoms with Crippen molar-refractivity contribution in [1.82, 2.24) is 15.0 Å². The largest absolute Gasteiger partial charge is 0.497 e. The van der Waals surface area contributed by atoms with E-state index in [0.29, 0.717) is 49.1 Å². The molecule has 1 aliphatic heterocycles. The van der Waals surface area contributed by atoms with Crippen LogP contribution in [0.2, 0.25) is 0 Å². The fraction of sp³-hybridized carbons (Fsp3) is 0.389. The molecule has 1 aliphatic rings. The third kappa shape index (κ3) is 4.40. The third-order valence-electron chi connectivity index (χ3n) is 4.24. The summed E-state index contributed by atoms with van der Waals surface area (Å²) < 4.78 is 10.1. The Kier molecular flexibility index (Phi) is 5.52. The summed E-state index contributed by atoms with van der Waals surface area (Å²) in [6.45, 7) is 4.45. The molecule has 0 saturated carbocycles. The summed E-state index contributed by atoms with van der Waals surface area (Å²) in [4.78, 5) is 28.5. The predicted octanol–water partition coefficient (Wildman–Crippen LogP) is 1.39. The molecule has 1 saturated heterocycles. The van der Waals surface area contributed by atoms with Crippen LogP contribution in [0, 0.1) is 6.92 Å². The Morgan fingerprint density at radius 3 is 2.65 bits per heavy atom. The van der Waals surface area contributed by atoms with Crippen LogP contribution < -0.4 is 10.1 Å². The van der Waals surface area contributed by atoms with Crippen molar-refractivity contribution in [3.8, 4) is 5.75 Å². The van der Waals surface area contributed by atoms with E-state index in [0.717, 1.165) is 0 Å². The van der Waals surface area contributed by atoms with Gasteiger partial charge in [-0.1, -0.05) is 11.2 Å². The highest BCUT2D eigenvalue weighted by Crippen LogP contribution is 2.15. The van der Waals surface area contributed by atoms with E-state index in [4.69, 9.17) is 9.26 Å². The first-order chi connectivity index (χ1) is 12.5.